The zero-order valence-corrected chi connectivity index (χ0v) is 11.5. The molecular weight excluding hydrogens is 264 g/mol. The van der Waals surface area contributed by atoms with Crippen LogP contribution in [0.4, 0.5) is 0 Å². The molecule has 0 aromatic carbocycles. The second-order valence-corrected chi connectivity index (χ2v) is 4.53. The summed E-state index contributed by atoms with van der Waals surface area (Å²) in [6.45, 7) is 1.74. The van der Waals surface area contributed by atoms with Crippen LogP contribution in [-0.2, 0) is 23.2 Å². The van der Waals surface area contributed by atoms with Crippen molar-refractivity contribution in [3.8, 4) is 5.75 Å². The summed E-state index contributed by atoms with van der Waals surface area (Å²) in [5.41, 5.74) is 0.500. The number of pyridine rings is 1. The van der Waals surface area contributed by atoms with E-state index in [9.17, 15) is 19.5 Å². The van der Waals surface area contributed by atoms with E-state index >= 15 is 0 Å². The quantitative estimate of drug-likeness (QED) is 0.694. The summed E-state index contributed by atoms with van der Waals surface area (Å²) in [7, 11) is 1.68. The van der Waals surface area contributed by atoms with Crippen LogP contribution in [-0.4, -0.2) is 26.7 Å². The maximum absolute atomic E-state index is 11.5. The molecule has 1 heterocycles. The van der Waals surface area contributed by atoms with Gasteiger partial charge < -0.3 is 20.1 Å². The number of carbonyl (C=O) groups is 2. The number of hydrogen-bond acceptors (Lipinski definition) is 4. The summed E-state index contributed by atoms with van der Waals surface area (Å²) >= 11 is 0. The molecule has 0 aliphatic carbocycles. The van der Waals surface area contributed by atoms with Gasteiger partial charge in [-0.05, 0) is 13.3 Å². The molecule has 7 nitrogen and oxygen atoms in total. The van der Waals surface area contributed by atoms with Crippen LogP contribution in [0.5, 0.6) is 5.75 Å². The van der Waals surface area contributed by atoms with Gasteiger partial charge in [0.2, 0.25) is 11.3 Å². The molecule has 0 saturated heterocycles. The van der Waals surface area contributed by atoms with Gasteiger partial charge in [0, 0.05) is 31.6 Å². The molecule has 0 spiro atoms. The van der Waals surface area contributed by atoms with E-state index in [1.807, 2.05) is 0 Å². The monoisotopic (exact) mass is 282 g/mol. The molecule has 1 aromatic rings. The number of carbonyl (C=O) groups excluding carboxylic acids is 1. The topological polar surface area (TPSA) is 109 Å². The zero-order chi connectivity index (χ0) is 15.3. The molecule has 0 bridgehead atoms. The average Bonchev–Trinajstić information content (AvgIpc) is 2.36. The molecule has 20 heavy (non-hydrogen) atoms. The largest absolute Gasteiger partial charge is 0.503 e. The van der Waals surface area contributed by atoms with Crippen molar-refractivity contribution in [2.75, 3.05) is 0 Å². The van der Waals surface area contributed by atoms with Crippen molar-refractivity contribution in [3.63, 3.8) is 0 Å². The Bertz CT molecular complexity index is 577. The lowest BCUT2D eigenvalue weighted by Gasteiger charge is -2.14. The maximum Gasteiger partial charge on any atom is 0.303 e. The van der Waals surface area contributed by atoms with Crippen molar-refractivity contribution in [2.45, 2.75) is 32.7 Å². The molecule has 1 aromatic heterocycles. The lowest BCUT2D eigenvalue weighted by molar-refractivity contribution is -0.137. The summed E-state index contributed by atoms with van der Waals surface area (Å²) < 4.78 is 1.62. The fourth-order valence-corrected chi connectivity index (χ4v) is 1.74. The Labute approximate surface area is 115 Å². The van der Waals surface area contributed by atoms with Gasteiger partial charge in [0.25, 0.3) is 0 Å². The molecule has 0 unspecified atom stereocenters. The number of nitrogens with zero attached hydrogens (tertiary/aromatic N) is 1. The standard InChI is InChI=1S/C13H18N2O5/c1-8-6-10(16)13(20)9(15(8)2)7-14-11(17)4-3-5-12(18)19/h6,20H,3-5,7H2,1-2H3,(H,14,17)(H,18,19). The third kappa shape index (κ3) is 4.11. The molecule has 0 aliphatic rings. The molecule has 0 aliphatic heterocycles. The van der Waals surface area contributed by atoms with Crippen LogP contribution < -0.4 is 10.7 Å². The van der Waals surface area contributed by atoms with E-state index in [1.54, 1.807) is 18.5 Å². The molecule has 110 valence electrons. The number of aromatic nitrogens is 1. The fraction of sp³-hybridized carbons (Fsp3) is 0.462. The van der Waals surface area contributed by atoms with Crippen LogP contribution >= 0.6 is 0 Å². The third-order valence-corrected chi connectivity index (χ3v) is 3.03. The first-order valence-electron chi connectivity index (χ1n) is 6.20. The van der Waals surface area contributed by atoms with E-state index in [2.05, 4.69) is 5.32 Å². The van der Waals surface area contributed by atoms with E-state index in [0.29, 0.717) is 11.4 Å². The lowest BCUT2D eigenvalue weighted by Crippen LogP contribution is -2.26. The molecule has 0 saturated carbocycles. The Morgan fingerprint density at radius 3 is 2.60 bits per heavy atom. The minimum atomic E-state index is -0.948. The van der Waals surface area contributed by atoms with Crippen LogP contribution in [0, 0.1) is 6.92 Å². The Morgan fingerprint density at radius 1 is 1.35 bits per heavy atom. The van der Waals surface area contributed by atoms with Gasteiger partial charge in [0.05, 0.1) is 12.2 Å². The van der Waals surface area contributed by atoms with E-state index in [0.717, 1.165) is 0 Å². The summed E-state index contributed by atoms with van der Waals surface area (Å²) in [6.07, 6.45) is 0.272. The highest BCUT2D eigenvalue weighted by molar-refractivity contribution is 5.76. The minimum absolute atomic E-state index is 0.0190. The number of hydrogen-bond donors (Lipinski definition) is 3. The van der Waals surface area contributed by atoms with Crippen LogP contribution in [0.15, 0.2) is 10.9 Å². The normalized spacial score (nSPS) is 10.3. The smallest absolute Gasteiger partial charge is 0.303 e. The van der Waals surface area contributed by atoms with Gasteiger partial charge in [-0.2, -0.15) is 0 Å². The van der Waals surface area contributed by atoms with Crippen molar-refractivity contribution in [1.82, 2.24) is 9.88 Å². The molecule has 1 amide bonds. The summed E-state index contributed by atoms with van der Waals surface area (Å²) in [4.78, 5) is 33.3. The number of aliphatic carboxylic acids is 1. The van der Waals surface area contributed by atoms with Crippen molar-refractivity contribution in [3.05, 3.63) is 27.7 Å². The van der Waals surface area contributed by atoms with Crippen LogP contribution in [0.25, 0.3) is 0 Å². The van der Waals surface area contributed by atoms with Crippen LogP contribution in [0.3, 0.4) is 0 Å². The van der Waals surface area contributed by atoms with Gasteiger partial charge in [-0.25, -0.2) is 0 Å². The fourth-order valence-electron chi connectivity index (χ4n) is 1.74. The highest BCUT2D eigenvalue weighted by Gasteiger charge is 2.12. The predicted octanol–water partition coefficient (Wildman–Crippen LogP) is 0.270. The first-order valence-corrected chi connectivity index (χ1v) is 6.20. The molecular formula is C13H18N2O5. The van der Waals surface area contributed by atoms with Gasteiger partial charge >= 0.3 is 5.97 Å². The van der Waals surface area contributed by atoms with E-state index in [1.165, 1.54) is 6.07 Å². The number of rotatable bonds is 6. The van der Waals surface area contributed by atoms with Gasteiger partial charge in [0.15, 0.2) is 5.75 Å². The number of aromatic hydroxyl groups is 1. The van der Waals surface area contributed by atoms with Crippen molar-refractivity contribution < 1.29 is 19.8 Å². The summed E-state index contributed by atoms with van der Waals surface area (Å²) in [5.74, 6) is -1.65. The van der Waals surface area contributed by atoms with Crippen molar-refractivity contribution in [2.24, 2.45) is 7.05 Å². The van der Waals surface area contributed by atoms with Crippen LogP contribution in [0.2, 0.25) is 0 Å². The SMILES string of the molecule is Cc1cc(=O)c(O)c(CNC(=O)CCCC(=O)O)n1C. The Morgan fingerprint density at radius 2 is 2.00 bits per heavy atom. The average molecular weight is 282 g/mol. The molecule has 1 rings (SSSR count). The van der Waals surface area contributed by atoms with Gasteiger partial charge in [-0.1, -0.05) is 0 Å². The van der Waals surface area contributed by atoms with Crippen molar-refractivity contribution >= 4 is 11.9 Å². The minimum Gasteiger partial charge on any atom is -0.503 e. The van der Waals surface area contributed by atoms with Gasteiger partial charge in [-0.3, -0.25) is 14.4 Å². The van der Waals surface area contributed by atoms with Gasteiger partial charge in [0.1, 0.15) is 0 Å². The van der Waals surface area contributed by atoms with Gasteiger partial charge in [-0.15, -0.1) is 0 Å². The highest BCUT2D eigenvalue weighted by atomic mass is 16.4. The Hall–Kier alpha value is -2.31. The molecule has 0 atom stereocenters. The third-order valence-electron chi connectivity index (χ3n) is 3.03. The van der Waals surface area contributed by atoms with E-state index in [-0.39, 0.29) is 37.5 Å². The number of carboxylic acid groups (broad SMARTS) is 1. The number of nitrogens with one attached hydrogen (secondary N) is 1. The molecule has 3 N–H and O–H groups in total. The Kier molecular flexibility index (Phi) is 5.31. The lowest BCUT2D eigenvalue weighted by atomic mass is 10.2. The van der Waals surface area contributed by atoms with E-state index in [4.69, 9.17) is 5.11 Å². The number of carboxylic acids is 1. The first-order chi connectivity index (χ1) is 9.32. The molecule has 0 fully saturated rings. The van der Waals surface area contributed by atoms with Crippen LogP contribution in [0.1, 0.15) is 30.7 Å². The highest BCUT2D eigenvalue weighted by Crippen LogP contribution is 2.12. The maximum atomic E-state index is 11.5. The summed E-state index contributed by atoms with van der Waals surface area (Å²) in [6, 6.07) is 1.31. The molecule has 7 heteroatoms. The first kappa shape index (κ1) is 15.7. The number of amides is 1. The predicted molar refractivity (Wildman–Crippen MR) is 71.4 cm³/mol. The van der Waals surface area contributed by atoms with Crippen molar-refractivity contribution in [1.29, 1.82) is 0 Å². The molecule has 0 radical (unpaired) electrons. The second kappa shape index (κ2) is 6.74. The Balaban J connectivity index is 2.64. The summed E-state index contributed by atoms with van der Waals surface area (Å²) in [5, 5.41) is 20.7. The zero-order valence-electron chi connectivity index (χ0n) is 11.5. The number of aryl methyl sites for hydroxylation is 1. The van der Waals surface area contributed by atoms with E-state index < -0.39 is 11.4 Å². The second-order valence-electron chi connectivity index (χ2n) is 4.53.